The van der Waals surface area contributed by atoms with Gasteiger partial charge in [-0.2, -0.15) is 0 Å². The molecule has 3 nitrogen and oxygen atoms in total. The van der Waals surface area contributed by atoms with Crippen LogP contribution in [0.1, 0.15) is 18.5 Å². The highest BCUT2D eigenvalue weighted by Gasteiger charge is 2.44. The first-order chi connectivity index (χ1) is 7.10. The largest absolute Gasteiger partial charge is 0.320 e. The maximum Gasteiger partial charge on any atom is 0.139 e. The minimum atomic E-state index is -0.389. The molecule has 0 aromatic carbocycles. The second kappa shape index (κ2) is 2.71. The summed E-state index contributed by atoms with van der Waals surface area (Å²) in [6, 6.07) is 2.95. The highest BCUT2D eigenvalue weighted by molar-refractivity contribution is 6.30. The van der Waals surface area contributed by atoms with Gasteiger partial charge >= 0.3 is 0 Å². The van der Waals surface area contributed by atoms with Crippen molar-refractivity contribution >= 4 is 17.2 Å². The molecule has 1 aliphatic rings. The van der Waals surface area contributed by atoms with Gasteiger partial charge in [0.1, 0.15) is 16.6 Å². The number of pyridine rings is 1. The number of hydrogen-bond donors (Lipinski definition) is 1. The third kappa shape index (κ3) is 1.25. The Morgan fingerprint density at radius 2 is 2.20 bits per heavy atom. The van der Waals surface area contributed by atoms with Gasteiger partial charge < -0.3 is 5.73 Å². The molecule has 0 amide bonds. The predicted molar refractivity (Wildman–Crippen MR) is 55.3 cm³/mol. The van der Waals surface area contributed by atoms with Gasteiger partial charge in [-0.25, -0.2) is 9.37 Å². The lowest BCUT2D eigenvalue weighted by atomic mass is 10.2. The van der Waals surface area contributed by atoms with Gasteiger partial charge in [0.2, 0.25) is 0 Å². The van der Waals surface area contributed by atoms with Gasteiger partial charge in [-0.15, -0.1) is 0 Å². The molecule has 1 fully saturated rings. The molecule has 2 aromatic rings. The van der Waals surface area contributed by atoms with E-state index in [2.05, 4.69) is 4.98 Å². The Labute approximate surface area is 90.7 Å². The summed E-state index contributed by atoms with van der Waals surface area (Å²) in [4.78, 5) is 4.33. The second-order valence-corrected chi connectivity index (χ2v) is 4.34. The Morgan fingerprint density at radius 3 is 2.87 bits per heavy atom. The van der Waals surface area contributed by atoms with Crippen LogP contribution in [0.3, 0.4) is 0 Å². The van der Waals surface area contributed by atoms with Crippen molar-refractivity contribution in [3.05, 3.63) is 35.0 Å². The van der Waals surface area contributed by atoms with Crippen molar-refractivity contribution in [2.24, 2.45) is 5.73 Å². The normalized spacial score (nSPS) is 18.3. The maximum atomic E-state index is 13.0. The van der Waals surface area contributed by atoms with Gasteiger partial charge in [-0.3, -0.25) is 4.40 Å². The minimum absolute atomic E-state index is 0.338. The fourth-order valence-corrected chi connectivity index (χ4v) is 2.04. The lowest BCUT2D eigenvalue weighted by molar-refractivity contribution is 0.619. The maximum absolute atomic E-state index is 13.0. The fourth-order valence-electron chi connectivity index (χ4n) is 1.68. The molecule has 2 heterocycles. The summed E-state index contributed by atoms with van der Waals surface area (Å²) in [5, 5.41) is 0.421. The Kier molecular flexibility index (Phi) is 1.65. The van der Waals surface area contributed by atoms with Crippen LogP contribution in [0.25, 0.3) is 5.65 Å². The summed E-state index contributed by atoms with van der Waals surface area (Å²) in [5.74, 6) is -0.338. The monoisotopic (exact) mass is 225 g/mol. The molecule has 0 atom stereocenters. The molecule has 0 spiro atoms. The molecule has 5 heteroatoms. The lowest BCUT2D eigenvalue weighted by Crippen LogP contribution is -2.19. The van der Waals surface area contributed by atoms with Gasteiger partial charge in [0.05, 0.1) is 11.2 Å². The standard InChI is InChI=1S/C10H9ClFN3/c11-9-8(10(13)3-4-10)14-7-2-1-6(12)5-15(7)9/h1-2,5H,3-4,13H2. The molecule has 0 unspecified atom stereocenters. The number of nitrogens with zero attached hydrogens (tertiary/aromatic N) is 2. The number of aromatic nitrogens is 2. The summed E-state index contributed by atoms with van der Waals surface area (Å²) < 4.78 is 14.5. The van der Waals surface area contributed by atoms with Crippen LogP contribution in [0.5, 0.6) is 0 Å². The van der Waals surface area contributed by atoms with E-state index in [1.165, 1.54) is 16.7 Å². The highest BCUT2D eigenvalue weighted by Crippen LogP contribution is 2.44. The Morgan fingerprint density at radius 1 is 1.47 bits per heavy atom. The molecule has 78 valence electrons. The topological polar surface area (TPSA) is 43.3 Å². The second-order valence-electron chi connectivity index (χ2n) is 3.98. The number of halogens is 2. The zero-order chi connectivity index (χ0) is 10.6. The molecule has 2 N–H and O–H groups in total. The van der Waals surface area contributed by atoms with E-state index >= 15 is 0 Å². The third-order valence-electron chi connectivity index (χ3n) is 2.78. The summed E-state index contributed by atoms with van der Waals surface area (Å²) >= 11 is 6.11. The number of nitrogens with two attached hydrogens (primary N) is 1. The average Bonchev–Trinajstić information content (AvgIpc) is 2.86. The molecule has 0 saturated heterocycles. The number of rotatable bonds is 1. The van der Waals surface area contributed by atoms with Crippen LogP contribution in [0, 0.1) is 5.82 Å². The van der Waals surface area contributed by atoms with E-state index in [1.54, 1.807) is 6.07 Å². The van der Waals surface area contributed by atoms with Crippen LogP contribution < -0.4 is 5.73 Å². The summed E-state index contributed by atoms with van der Waals surface area (Å²) in [7, 11) is 0. The van der Waals surface area contributed by atoms with E-state index in [1.807, 2.05) is 0 Å². The molecule has 3 rings (SSSR count). The van der Waals surface area contributed by atoms with Gasteiger partial charge in [0, 0.05) is 6.20 Å². The van der Waals surface area contributed by atoms with E-state index in [0.717, 1.165) is 12.8 Å². The smallest absolute Gasteiger partial charge is 0.139 e. The first-order valence-electron chi connectivity index (χ1n) is 4.73. The first kappa shape index (κ1) is 9.12. The molecule has 15 heavy (non-hydrogen) atoms. The van der Waals surface area contributed by atoms with Crippen molar-refractivity contribution in [1.29, 1.82) is 0 Å². The SMILES string of the molecule is NC1(c2nc3ccc(F)cn3c2Cl)CC1. The van der Waals surface area contributed by atoms with E-state index < -0.39 is 0 Å². The summed E-state index contributed by atoms with van der Waals surface area (Å²) in [6.45, 7) is 0. The van der Waals surface area contributed by atoms with Crippen LogP contribution in [0.2, 0.25) is 5.15 Å². The number of imidazole rings is 1. The lowest BCUT2D eigenvalue weighted by Gasteiger charge is -2.03. The summed E-state index contributed by atoms with van der Waals surface area (Å²) in [6.07, 6.45) is 3.10. The average molecular weight is 226 g/mol. The predicted octanol–water partition coefficient (Wildman–Crippen LogP) is 2.07. The van der Waals surface area contributed by atoms with Gasteiger partial charge in [0.25, 0.3) is 0 Å². The molecule has 0 radical (unpaired) electrons. The molecule has 0 bridgehead atoms. The van der Waals surface area contributed by atoms with E-state index in [0.29, 0.717) is 16.5 Å². The van der Waals surface area contributed by atoms with Crippen molar-refractivity contribution in [3.63, 3.8) is 0 Å². The van der Waals surface area contributed by atoms with E-state index in [9.17, 15) is 4.39 Å². The number of fused-ring (bicyclic) bond motifs is 1. The zero-order valence-electron chi connectivity index (χ0n) is 7.87. The number of hydrogen-bond acceptors (Lipinski definition) is 2. The molecular weight excluding hydrogens is 217 g/mol. The molecule has 2 aromatic heterocycles. The Balaban J connectivity index is 2.29. The van der Waals surface area contributed by atoms with E-state index in [-0.39, 0.29) is 11.4 Å². The van der Waals surface area contributed by atoms with Crippen molar-refractivity contribution < 1.29 is 4.39 Å². The van der Waals surface area contributed by atoms with E-state index in [4.69, 9.17) is 17.3 Å². The molecule has 1 aliphatic carbocycles. The zero-order valence-corrected chi connectivity index (χ0v) is 8.63. The van der Waals surface area contributed by atoms with Crippen molar-refractivity contribution in [1.82, 2.24) is 9.38 Å². The van der Waals surface area contributed by atoms with Gasteiger partial charge in [0.15, 0.2) is 0 Å². The highest BCUT2D eigenvalue weighted by atomic mass is 35.5. The van der Waals surface area contributed by atoms with Gasteiger partial charge in [-0.05, 0) is 25.0 Å². The molecular formula is C10H9ClFN3. The fraction of sp³-hybridized carbons (Fsp3) is 0.300. The van der Waals surface area contributed by atoms with Crippen LogP contribution in [0.4, 0.5) is 4.39 Å². The van der Waals surface area contributed by atoms with Gasteiger partial charge in [-0.1, -0.05) is 11.6 Å². The van der Waals surface area contributed by atoms with Crippen LogP contribution in [0.15, 0.2) is 18.3 Å². The minimum Gasteiger partial charge on any atom is -0.320 e. The third-order valence-corrected chi connectivity index (χ3v) is 3.15. The van der Waals surface area contributed by atoms with Crippen molar-refractivity contribution in [2.45, 2.75) is 18.4 Å². The van der Waals surface area contributed by atoms with Crippen molar-refractivity contribution in [3.8, 4) is 0 Å². The quantitative estimate of drug-likeness (QED) is 0.808. The van der Waals surface area contributed by atoms with Crippen molar-refractivity contribution in [2.75, 3.05) is 0 Å². The Hall–Kier alpha value is -1.13. The molecule has 0 aliphatic heterocycles. The Bertz CT molecular complexity index is 545. The van der Waals surface area contributed by atoms with Crippen LogP contribution in [-0.2, 0) is 5.54 Å². The van der Waals surface area contributed by atoms with Crippen LogP contribution in [-0.4, -0.2) is 9.38 Å². The molecule has 1 saturated carbocycles. The first-order valence-corrected chi connectivity index (χ1v) is 5.10. The van der Waals surface area contributed by atoms with Crippen LogP contribution >= 0.6 is 11.6 Å². The summed E-state index contributed by atoms with van der Waals surface area (Å²) in [5.41, 5.74) is 6.94.